The van der Waals surface area contributed by atoms with Crippen molar-refractivity contribution < 1.29 is 18.1 Å². The third kappa shape index (κ3) is 3.72. The van der Waals surface area contributed by atoms with Gasteiger partial charge in [-0.25, -0.2) is 0 Å². The molecule has 0 atom stereocenters. The van der Waals surface area contributed by atoms with Crippen LogP contribution >= 0.6 is 0 Å². The van der Waals surface area contributed by atoms with Crippen LogP contribution in [0.25, 0.3) is 0 Å². The molecule has 2 aliphatic rings. The quantitative estimate of drug-likeness (QED) is 0.781. The summed E-state index contributed by atoms with van der Waals surface area (Å²) in [4.78, 5) is 0.0918. The van der Waals surface area contributed by atoms with E-state index in [9.17, 15) is 18.1 Å². The van der Waals surface area contributed by atoms with Crippen molar-refractivity contribution in [3.8, 4) is 5.75 Å². The molecule has 5 heteroatoms. The average molecular weight is 338 g/mol. The van der Waals surface area contributed by atoms with Crippen LogP contribution in [0.3, 0.4) is 0 Å². The Morgan fingerprint density at radius 1 is 0.783 bits per heavy atom. The number of hydrogen-bond acceptors (Lipinski definition) is 3. The van der Waals surface area contributed by atoms with Crippen molar-refractivity contribution in [3.63, 3.8) is 0 Å². The minimum Gasteiger partial charge on any atom is -0.508 e. The molecule has 1 aromatic carbocycles. The summed E-state index contributed by atoms with van der Waals surface area (Å²) in [5.74, 6) is 0.365. The molecule has 0 bridgehead atoms. The van der Waals surface area contributed by atoms with Crippen LogP contribution in [0, 0.1) is 0 Å². The van der Waals surface area contributed by atoms with Gasteiger partial charge in [-0.15, -0.1) is 0 Å². The highest BCUT2D eigenvalue weighted by Crippen LogP contribution is 2.43. The zero-order valence-electron chi connectivity index (χ0n) is 13.5. The summed E-state index contributed by atoms with van der Waals surface area (Å²) < 4.78 is 34.2. The molecular formula is C18H26O4S. The van der Waals surface area contributed by atoms with E-state index in [-0.39, 0.29) is 22.5 Å². The second-order valence-electron chi connectivity index (χ2n) is 7.10. The van der Waals surface area contributed by atoms with Crippen LogP contribution in [0.15, 0.2) is 17.0 Å². The van der Waals surface area contributed by atoms with E-state index in [1.807, 2.05) is 0 Å². The van der Waals surface area contributed by atoms with Crippen LogP contribution < -0.4 is 0 Å². The van der Waals surface area contributed by atoms with E-state index in [0.29, 0.717) is 11.1 Å². The lowest BCUT2D eigenvalue weighted by molar-refractivity contribution is 0.412. The van der Waals surface area contributed by atoms with E-state index < -0.39 is 10.1 Å². The lowest BCUT2D eigenvalue weighted by Crippen LogP contribution is -2.16. The summed E-state index contributed by atoms with van der Waals surface area (Å²) in [7, 11) is -4.29. The van der Waals surface area contributed by atoms with E-state index in [1.54, 1.807) is 12.1 Å². The second kappa shape index (κ2) is 6.81. The van der Waals surface area contributed by atoms with Gasteiger partial charge in [0.2, 0.25) is 0 Å². The maximum Gasteiger partial charge on any atom is 0.295 e. The van der Waals surface area contributed by atoms with Gasteiger partial charge in [0.15, 0.2) is 0 Å². The molecule has 0 heterocycles. The molecule has 0 amide bonds. The van der Waals surface area contributed by atoms with Crippen LogP contribution in [-0.2, 0) is 10.1 Å². The minimum absolute atomic E-state index is 0.0918. The molecule has 1 aromatic rings. The first-order chi connectivity index (χ1) is 11.0. The fourth-order valence-corrected chi connectivity index (χ4v) is 5.44. The highest BCUT2D eigenvalue weighted by molar-refractivity contribution is 7.86. The highest BCUT2D eigenvalue weighted by Gasteiger charge is 2.31. The Kier molecular flexibility index (Phi) is 4.97. The smallest absolute Gasteiger partial charge is 0.295 e. The van der Waals surface area contributed by atoms with Crippen LogP contribution in [0.5, 0.6) is 5.75 Å². The molecule has 4 nitrogen and oxygen atoms in total. The predicted molar refractivity (Wildman–Crippen MR) is 89.6 cm³/mol. The molecule has 2 aliphatic carbocycles. The van der Waals surface area contributed by atoms with Crippen molar-refractivity contribution >= 4 is 10.1 Å². The predicted octanol–water partition coefficient (Wildman–Crippen LogP) is 4.73. The van der Waals surface area contributed by atoms with Gasteiger partial charge in [0.25, 0.3) is 10.1 Å². The van der Waals surface area contributed by atoms with E-state index in [0.717, 1.165) is 51.4 Å². The van der Waals surface area contributed by atoms with Crippen molar-refractivity contribution in [3.05, 3.63) is 23.3 Å². The number of phenolic OH excluding ortho intramolecular Hbond substituents is 1. The van der Waals surface area contributed by atoms with Crippen LogP contribution in [0.1, 0.15) is 87.2 Å². The second-order valence-corrected chi connectivity index (χ2v) is 8.46. The van der Waals surface area contributed by atoms with Gasteiger partial charge >= 0.3 is 0 Å². The summed E-state index contributed by atoms with van der Waals surface area (Å²) in [6.07, 6.45) is 10.3. The molecule has 2 fully saturated rings. The summed E-state index contributed by atoms with van der Waals surface area (Å²) in [5.41, 5.74) is 1.26. The fourth-order valence-electron chi connectivity index (χ4n) is 4.39. The first-order valence-corrected chi connectivity index (χ1v) is 10.2. The van der Waals surface area contributed by atoms with E-state index in [2.05, 4.69) is 0 Å². The summed E-state index contributed by atoms with van der Waals surface area (Å²) >= 11 is 0. The summed E-state index contributed by atoms with van der Waals surface area (Å²) in [6.45, 7) is 0. The monoisotopic (exact) mass is 338 g/mol. The topological polar surface area (TPSA) is 74.6 Å². The SMILES string of the molecule is O=S(=O)(O)c1c(C2CCCCC2)cc(O)cc1C1CCCCC1. The molecule has 0 aliphatic heterocycles. The Hall–Kier alpha value is -1.07. The summed E-state index contributed by atoms with van der Waals surface area (Å²) in [6, 6.07) is 3.12. The van der Waals surface area contributed by atoms with Gasteiger partial charge in [0.1, 0.15) is 10.6 Å². The van der Waals surface area contributed by atoms with E-state index in [4.69, 9.17) is 0 Å². The summed E-state index contributed by atoms with van der Waals surface area (Å²) in [5, 5.41) is 10.2. The first-order valence-electron chi connectivity index (χ1n) is 8.81. The lowest BCUT2D eigenvalue weighted by atomic mass is 9.79. The maximum atomic E-state index is 12.1. The number of rotatable bonds is 3. The maximum absolute atomic E-state index is 12.1. The molecule has 0 radical (unpaired) electrons. The third-order valence-electron chi connectivity index (χ3n) is 5.48. The van der Waals surface area contributed by atoms with Gasteiger partial charge in [-0.2, -0.15) is 8.42 Å². The number of aromatic hydroxyl groups is 1. The van der Waals surface area contributed by atoms with Crippen LogP contribution in [0.2, 0.25) is 0 Å². The zero-order chi connectivity index (χ0) is 16.4. The minimum atomic E-state index is -4.29. The first kappa shape index (κ1) is 16.8. The largest absolute Gasteiger partial charge is 0.508 e. The van der Waals surface area contributed by atoms with Crippen molar-refractivity contribution in [2.45, 2.75) is 80.9 Å². The van der Waals surface area contributed by atoms with Gasteiger partial charge in [-0.1, -0.05) is 38.5 Å². The fraction of sp³-hybridized carbons (Fsp3) is 0.667. The Bertz CT molecular complexity index is 615. The van der Waals surface area contributed by atoms with Crippen molar-refractivity contribution in [2.75, 3.05) is 0 Å². The molecule has 128 valence electrons. The molecule has 0 aromatic heterocycles. The van der Waals surface area contributed by atoms with Crippen molar-refractivity contribution in [1.29, 1.82) is 0 Å². The van der Waals surface area contributed by atoms with Crippen LogP contribution in [-0.4, -0.2) is 18.1 Å². The Morgan fingerprint density at radius 3 is 1.52 bits per heavy atom. The number of benzene rings is 1. The van der Waals surface area contributed by atoms with E-state index in [1.165, 1.54) is 12.8 Å². The van der Waals surface area contributed by atoms with Crippen molar-refractivity contribution in [2.24, 2.45) is 0 Å². The average Bonchev–Trinajstić information content (AvgIpc) is 2.54. The Labute approximate surface area is 138 Å². The zero-order valence-corrected chi connectivity index (χ0v) is 14.3. The van der Waals surface area contributed by atoms with Gasteiger partial charge in [0.05, 0.1) is 0 Å². The molecule has 2 N–H and O–H groups in total. The van der Waals surface area contributed by atoms with Crippen molar-refractivity contribution in [1.82, 2.24) is 0 Å². The standard InChI is InChI=1S/C18H26O4S/c19-15-11-16(13-7-3-1-4-8-13)18(23(20,21)22)17(12-15)14-9-5-2-6-10-14/h11-14,19H,1-10H2,(H,20,21,22). The number of hydrogen-bond donors (Lipinski definition) is 2. The van der Waals surface area contributed by atoms with Gasteiger partial charge < -0.3 is 5.11 Å². The molecule has 3 rings (SSSR count). The Balaban J connectivity index is 2.12. The van der Waals surface area contributed by atoms with Crippen LogP contribution in [0.4, 0.5) is 0 Å². The van der Waals surface area contributed by atoms with E-state index >= 15 is 0 Å². The highest BCUT2D eigenvalue weighted by atomic mass is 32.2. The normalized spacial score (nSPS) is 21.4. The van der Waals surface area contributed by atoms with Gasteiger partial charge in [-0.3, -0.25) is 4.55 Å². The molecular weight excluding hydrogens is 312 g/mol. The Morgan fingerprint density at radius 2 is 1.17 bits per heavy atom. The molecule has 0 saturated heterocycles. The molecule has 2 saturated carbocycles. The molecule has 0 unspecified atom stereocenters. The third-order valence-corrected chi connectivity index (χ3v) is 6.47. The van der Waals surface area contributed by atoms with Gasteiger partial charge in [-0.05, 0) is 60.8 Å². The lowest BCUT2D eigenvalue weighted by Gasteiger charge is -2.28. The van der Waals surface area contributed by atoms with Gasteiger partial charge in [0, 0.05) is 0 Å². The molecule has 23 heavy (non-hydrogen) atoms. The molecule has 0 spiro atoms. The number of phenols is 1.